The van der Waals surface area contributed by atoms with Gasteiger partial charge in [-0.05, 0) is 18.1 Å². The van der Waals surface area contributed by atoms with Crippen LogP contribution < -0.4 is 5.73 Å². The number of nitrogens with two attached hydrogens (primary N) is 1. The van der Waals surface area contributed by atoms with Crippen LogP contribution >= 0.6 is 0 Å². The molecule has 0 fully saturated rings. The van der Waals surface area contributed by atoms with E-state index in [2.05, 4.69) is 66.9 Å². The van der Waals surface area contributed by atoms with E-state index in [9.17, 15) is 0 Å². The van der Waals surface area contributed by atoms with E-state index in [1.54, 1.807) is 0 Å². The van der Waals surface area contributed by atoms with E-state index in [0.717, 1.165) is 6.42 Å². The highest BCUT2D eigenvalue weighted by atomic mass is 15.1. The predicted molar refractivity (Wildman–Crippen MR) is 82.1 cm³/mol. The van der Waals surface area contributed by atoms with Gasteiger partial charge >= 0.3 is 0 Å². The van der Waals surface area contributed by atoms with Crippen molar-refractivity contribution in [3.63, 3.8) is 0 Å². The minimum absolute atomic E-state index is 0.0230. The highest BCUT2D eigenvalue weighted by molar-refractivity contribution is 6.08. The van der Waals surface area contributed by atoms with Crippen LogP contribution in [0.4, 0.5) is 0 Å². The van der Waals surface area contributed by atoms with Crippen LogP contribution in [0.2, 0.25) is 0 Å². The van der Waals surface area contributed by atoms with Crippen molar-refractivity contribution in [1.82, 2.24) is 4.57 Å². The molecule has 0 radical (unpaired) electrons. The second-order valence-electron chi connectivity index (χ2n) is 5.28. The largest absolute Gasteiger partial charge is 0.324 e. The lowest BCUT2D eigenvalue weighted by atomic mass is 10.1. The smallest absolute Gasteiger partial charge is 0.0846 e. The average Bonchev–Trinajstić information content (AvgIpc) is 2.80. The molecule has 2 atom stereocenters. The lowest BCUT2D eigenvalue weighted by Crippen LogP contribution is -2.25. The van der Waals surface area contributed by atoms with Gasteiger partial charge in [0.05, 0.1) is 17.2 Å². The van der Waals surface area contributed by atoms with Crippen LogP contribution in [0.1, 0.15) is 26.4 Å². The van der Waals surface area contributed by atoms with E-state index in [0.29, 0.717) is 5.92 Å². The lowest BCUT2D eigenvalue weighted by molar-refractivity contribution is 0.369. The van der Waals surface area contributed by atoms with E-state index in [4.69, 9.17) is 5.73 Å². The summed E-state index contributed by atoms with van der Waals surface area (Å²) in [6.07, 6.45) is 1.11. The molecule has 2 aromatic carbocycles. The Labute approximate surface area is 113 Å². The van der Waals surface area contributed by atoms with Gasteiger partial charge in [-0.2, -0.15) is 0 Å². The minimum atomic E-state index is 0.0230. The summed E-state index contributed by atoms with van der Waals surface area (Å²) in [6.45, 7) is 4.41. The third-order valence-electron chi connectivity index (χ3n) is 4.14. The van der Waals surface area contributed by atoms with Gasteiger partial charge in [0.15, 0.2) is 0 Å². The van der Waals surface area contributed by atoms with Gasteiger partial charge in [-0.25, -0.2) is 0 Å². The van der Waals surface area contributed by atoms with Gasteiger partial charge in [0.2, 0.25) is 0 Å². The van der Waals surface area contributed by atoms with Gasteiger partial charge in [0, 0.05) is 10.8 Å². The van der Waals surface area contributed by atoms with Gasteiger partial charge in [-0.1, -0.05) is 56.7 Å². The highest BCUT2D eigenvalue weighted by Crippen LogP contribution is 2.32. The molecule has 0 spiro atoms. The number of rotatable bonds is 3. The molecule has 0 saturated carbocycles. The van der Waals surface area contributed by atoms with E-state index in [1.807, 2.05) is 0 Å². The molecule has 1 heterocycles. The number of para-hydroxylation sites is 2. The third-order valence-corrected chi connectivity index (χ3v) is 4.14. The Hall–Kier alpha value is -1.80. The zero-order chi connectivity index (χ0) is 13.4. The molecule has 1 aromatic heterocycles. The summed E-state index contributed by atoms with van der Waals surface area (Å²) < 4.78 is 2.29. The molecule has 2 unspecified atom stereocenters. The first-order valence-electron chi connectivity index (χ1n) is 6.97. The maximum absolute atomic E-state index is 6.49. The van der Waals surface area contributed by atoms with E-state index < -0.39 is 0 Å². The van der Waals surface area contributed by atoms with Gasteiger partial charge in [0.1, 0.15) is 0 Å². The lowest BCUT2D eigenvalue weighted by Gasteiger charge is -2.22. The van der Waals surface area contributed by atoms with Crippen molar-refractivity contribution in [2.75, 3.05) is 0 Å². The molecule has 19 heavy (non-hydrogen) atoms. The number of fused-ring (bicyclic) bond motifs is 3. The minimum Gasteiger partial charge on any atom is -0.324 e. The summed E-state index contributed by atoms with van der Waals surface area (Å²) in [6, 6.07) is 17.0. The summed E-state index contributed by atoms with van der Waals surface area (Å²) in [7, 11) is 0. The fourth-order valence-electron chi connectivity index (χ4n) is 2.77. The Balaban J connectivity index is 2.36. The second kappa shape index (κ2) is 4.71. The van der Waals surface area contributed by atoms with Crippen molar-refractivity contribution in [3.05, 3.63) is 48.5 Å². The van der Waals surface area contributed by atoms with Gasteiger partial charge in [-0.3, -0.25) is 0 Å². The second-order valence-corrected chi connectivity index (χ2v) is 5.28. The maximum Gasteiger partial charge on any atom is 0.0846 e. The van der Waals surface area contributed by atoms with Crippen molar-refractivity contribution in [2.24, 2.45) is 11.7 Å². The number of hydrogen-bond acceptors (Lipinski definition) is 1. The van der Waals surface area contributed by atoms with Crippen molar-refractivity contribution in [1.29, 1.82) is 0 Å². The Morgan fingerprint density at radius 2 is 1.42 bits per heavy atom. The van der Waals surface area contributed by atoms with Crippen molar-refractivity contribution in [2.45, 2.75) is 26.4 Å². The summed E-state index contributed by atoms with van der Waals surface area (Å²) >= 11 is 0. The van der Waals surface area contributed by atoms with Crippen LogP contribution in [0, 0.1) is 5.92 Å². The van der Waals surface area contributed by atoms with Crippen molar-refractivity contribution >= 4 is 21.8 Å². The molecule has 0 amide bonds. The zero-order valence-electron chi connectivity index (χ0n) is 11.5. The van der Waals surface area contributed by atoms with Crippen LogP contribution in [-0.2, 0) is 0 Å². The SMILES string of the molecule is CCC(C)C(N)n1c2ccccc2c2ccccc21. The normalized spacial score (nSPS) is 14.9. The van der Waals surface area contributed by atoms with Crippen LogP contribution in [-0.4, -0.2) is 4.57 Å². The quantitative estimate of drug-likeness (QED) is 0.740. The Kier molecular flexibility index (Phi) is 3.03. The number of hydrogen-bond donors (Lipinski definition) is 1. The summed E-state index contributed by atoms with van der Waals surface area (Å²) in [5.41, 5.74) is 8.95. The fraction of sp³-hybridized carbons (Fsp3) is 0.294. The molecule has 0 aliphatic rings. The maximum atomic E-state index is 6.49. The van der Waals surface area contributed by atoms with Gasteiger partial charge < -0.3 is 10.3 Å². The van der Waals surface area contributed by atoms with Crippen LogP contribution in [0.5, 0.6) is 0 Å². The van der Waals surface area contributed by atoms with Gasteiger partial charge in [-0.15, -0.1) is 0 Å². The van der Waals surface area contributed by atoms with Crippen LogP contribution in [0.3, 0.4) is 0 Å². The van der Waals surface area contributed by atoms with Crippen LogP contribution in [0.25, 0.3) is 21.8 Å². The Bertz CT molecular complexity index is 658. The van der Waals surface area contributed by atoms with Crippen molar-refractivity contribution in [3.8, 4) is 0 Å². The molecule has 0 saturated heterocycles. The molecular formula is C17H20N2. The van der Waals surface area contributed by atoms with Crippen molar-refractivity contribution < 1.29 is 0 Å². The molecule has 3 rings (SSSR count). The summed E-state index contributed by atoms with van der Waals surface area (Å²) in [5.74, 6) is 0.458. The molecular weight excluding hydrogens is 232 g/mol. The first-order valence-corrected chi connectivity index (χ1v) is 6.97. The van der Waals surface area contributed by atoms with Crippen LogP contribution in [0.15, 0.2) is 48.5 Å². The first-order chi connectivity index (χ1) is 9.24. The average molecular weight is 252 g/mol. The number of aromatic nitrogens is 1. The molecule has 2 nitrogen and oxygen atoms in total. The predicted octanol–water partition coefficient (Wildman–Crippen LogP) is 4.30. The number of benzene rings is 2. The monoisotopic (exact) mass is 252 g/mol. The Morgan fingerprint density at radius 3 is 1.89 bits per heavy atom. The van der Waals surface area contributed by atoms with E-state index >= 15 is 0 Å². The molecule has 3 aromatic rings. The van der Waals surface area contributed by atoms with E-state index in [-0.39, 0.29) is 6.17 Å². The Morgan fingerprint density at radius 1 is 0.947 bits per heavy atom. The molecule has 0 aliphatic heterocycles. The standard InChI is InChI=1S/C17H20N2/c1-3-12(2)17(18)19-15-10-6-4-8-13(15)14-9-5-7-11-16(14)19/h4-12,17H,3,18H2,1-2H3. The highest BCUT2D eigenvalue weighted by Gasteiger charge is 2.18. The summed E-state index contributed by atoms with van der Waals surface area (Å²) in [4.78, 5) is 0. The van der Waals surface area contributed by atoms with E-state index in [1.165, 1.54) is 21.8 Å². The first kappa shape index (κ1) is 12.2. The molecule has 98 valence electrons. The molecule has 0 aliphatic carbocycles. The topological polar surface area (TPSA) is 30.9 Å². The molecule has 2 N–H and O–H groups in total. The summed E-state index contributed by atoms with van der Waals surface area (Å²) in [5, 5.41) is 2.58. The van der Waals surface area contributed by atoms with Gasteiger partial charge in [0.25, 0.3) is 0 Å². The zero-order valence-corrected chi connectivity index (χ0v) is 11.5. The fourth-order valence-corrected chi connectivity index (χ4v) is 2.77. The molecule has 0 bridgehead atoms. The number of nitrogens with zero attached hydrogens (tertiary/aromatic N) is 1. The molecule has 2 heteroatoms. The third kappa shape index (κ3) is 1.83.